The van der Waals surface area contributed by atoms with Crippen molar-refractivity contribution in [2.75, 3.05) is 13.3 Å². The van der Waals surface area contributed by atoms with E-state index in [1.165, 1.54) is 0 Å². The van der Waals surface area contributed by atoms with E-state index >= 15 is 0 Å². The summed E-state index contributed by atoms with van der Waals surface area (Å²) in [5, 5.41) is 0. The average molecular weight is 272 g/mol. The van der Waals surface area contributed by atoms with Gasteiger partial charge in [0, 0.05) is 6.42 Å². The monoisotopic (exact) mass is 272 g/mol. The third kappa shape index (κ3) is 4.27. The minimum Gasteiger partial charge on any atom is -0.434 e. The van der Waals surface area contributed by atoms with E-state index in [2.05, 4.69) is 9.47 Å². The Morgan fingerprint density at radius 2 is 1.71 bits per heavy atom. The molecule has 0 aliphatic rings. The van der Waals surface area contributed by atoms with Crippen LogP contribution in [0.3, 0.4) is 0 Å². The molecule has 0 aliphatic carbocycles. The van der Waals surface area contributed by atoms with Crippen molar-refractivity contribution in [1.82, 2.24) is 0 Å². The van der Waals surface area contributed by atoms with Gasteiger partial charge in [-0.05, 0) is 0 Å². The maximum atomic E-state index is 12.7. The number of carbonyl (C=O) groups is 1. The number of hydrogen-bond acceptors (Lipinski definition) is 3. The second-order valence-electron chi connectivity index (χ2n) is 2.69. The SMILES string of the molecule is O=C(OCCCF)OC(F)(C(F)F)C(F)(F)F. The first-order valence-corrected chi connectivity index (χ1v) is 4.10. The zero-order chi connectivity index (χ0) is 13.7. The molecule has 0 aromatic rings. The quantitative estimate of drug-likeness (QED) is 0.438. The molecular formula is C7H7F7O3. The Bertz CT molecular complexity index is 254. The molecule has 0 spiro atoms. The van der Waals surface area contributed by atoms with E-state index < -0.39 is 37.9 Å². The zero-order valence-electron chi connectivity index (χ0n) is 8.07. The van der Waals surface area contributed by atoms with Gasteiger partial charge in [-0.15, -0.1) is 0 Å². The molecular weight excluding hydrogens is 265 g/mol. The van der Waals surface area contributed by atoms with Crippen LogP contribution in [0.25, 0.3) is 0 Å². The number of hydrogen-bond donors (Lipinski definition) is 0. The Hall–Kier alpha value is -1.22. The van der Waals surface area contributed by atoms with Gasteiger partial charge >= 0.3 is 24.6 Å². The van der Waals surface area contributed by atoms with Gasteiger partial charge in [-0.1, -0.05) is 0 Å². The second-order valence-corrected chi connectivity index (χ2v) is 2.69. The molecule has 102 valence electrons. The van der Waals surface area contributed by atoms with Crippen molar-refractivity contribution >= 4 is 6.16 Å². The number of ether oxygens (including phenoxy) is 2. The van der Waals surface area contributed by atoms with Crippen LogP contribution in [-0.4, -0.2) is 37.9 Å². The van der Waals surface area contributed by atoms with Gasteiger partial charge in [0.05, 0.1) is 13.3 Å². The lowest BCUT2D eigenvalue weighted by molar-refractivity contribution is -0.353. The van der Waals surface area contributed by atoms with Crippen LogP contribution < -0.4 is 0 Å². The molecule has 0 aromatic heterocycles. The van der Waals surface area contributed by atoms with E-state index in [0.717, 1.165) is 0 Å². The average Bonchev–Trinajstić information content (AvgIpc) is 2.15. The molecule has 0 saturated carbocycles. The molecule has 0 amide bonds. The van der Waals surface area contributed by atoms with Crippen LogP contribution in [0.15, 0.2) is 0 Å². The van der Waals surface area contributed by atoms with E-state index in [0.29, 0.717) is 0 Å². The fourth-order valence-corrected chi connectivity index (χ4v) is 0.587. The van der Waals surface area contributed by atoms with Gasteiger partial charge in [-0.3, -0.25) is 4.39 Å². The van der Waals surface area contributed by atoms with Crippen molar-refractivity contribution in [3.05, 3.63) is 0 Å². The van der Waals surface area contributed by atoms with Gasteiger partial charge in [0.2, 0.25) is 0 Å². The van der Waals surface area contributed by atoms with Crippen molar-refractivity contribution < 1.29 is 45.0 Å². The molecule has 0 aliphatic heterocycles. The van der Waals surface area contributed by atoms with Crippen LogP contribution in [0.2, 0.25) is 0 Å². The summed E-state index contributed by atoms with van der Waals surface area (Å²) >= 11 is 0. The first-order valence-electron chi connectivity index (χ1n) is 4.10. The van der Waals surface area contributed by atoms with Crippen molar-refractivity contribution in [1.29, 1.82) is 0 Å². The molecule has 10 heteroatoms. The van der Waals surface area contributed by atoms with Gasteiger partial charge in [0.1, 0.15) is 0 Å². The highest BCUT2D eigenvalue weighted by Gasteiger charge is 2.67. The van der Waals surface area contributed by atoms with Gasteiger partial charge in [0.25, 0.3) is 0 Å². The summed E-state index contributed by atoms with van der Waals surface area (Å²) in [6.07, 6.45) is -13.4. The highest BCUT2D eigenvalue weighted by atomic mass is 19.4. The van der Waals surface area contributed by atoms with Crippen LogP contribution in [0.4, 0.5) is 35.5 Å². The molecule has 0 saturated heterocycles. The zero-order valence-corrected chi connectivity index (χ0v) is 8.07. The van der Waals surface area contributed by atoms with Crippen molar-refractivity contribution in [3.8, 4) is 0 Å². The minimum absolute atomic E-state index is 0.380. The summed E-state index contributed by atoms with van der Waals surface area (Å²) in [4.78, 5) is 10.4. The van der Waals surface area contributed by atoms with E-state index in [1.54, 1.807) is 0 Å². The Morgan fingerprint density at radius 1 is 1.18 bits per heavy atom. The number of rotatable bonds is 5. The van der Waals surface area contributed by atoms with Crippen molar-refractivity contribution in [2.45, 2.75) is 24.9 Å². The molecule has 0 bridgehead atoms. The lowest BCUT2D eigenvalue weighted by atomic mass is 10.3. The van der Waals surface area contributed by atoms with Crippen LogP contribution in [0.5, 0.6) is 0 Å². The normalized spacial score (nSPS) is 15.5. The maximum absolute atomic E-state index is 12.7. The summed E-state index contributed by atoms with van der Waals surface area (Å²) < 4.78 is 90.1. The van der Waals surface area contributed by atoms with E-state index in [1.807, 2.05) is 0 Å². The van der Waals surface area contributed by atoms with E-state index in [4.69, 9.17) is 0 Å². The lowest BCUT2D eigenvalue weighted by Crippen LogP contribution is -2.51. The number of carbonyl (C=O) groups excluding carboxylic acids is 1. The molecule has 17 heavy (non-hydrogen) atoms. The minimum atomic E-state index is -6.11. The van der Waals surface area contributed by atoms with Gasteiger partial charge in [-0.25, -0.2) is 13.6 Å². The summed E-state index contributed by atoms with van der Waals surface area (Å²) in [6.45, 7) is -1.67. The Balaban J connectivity index is 4.52. The van der Waals surface area contributed by atoms with Crippen LogP contribution >= 0.6 is 0 Å². The fraction of sp³-hybridized carbons (Fsp3) is 0.857. The van der Waals surface area contributed by atoms with Gasteiger partial charge in [0.15, 0.2) is 0 Å². The van der Waals surface area contributed by atoms with Crippen LogP contribution in [-0.2, 0) is 9.47 Å². The third-order valence-electron chi connectivity index (χ3n) is 1.40. The van der Waals surface area contributed by atoms with Crippen molar-refractivity contribution in [2.24, 2.45) is 0 Å². The topological polar surface area (TPSA) is 35.5 Å². The Labute approximate surface area is 90.5 Å². The molecule has 0 fully saturated rings. The first kappa shape index (κ1) is 15.8. The molecule has 1 atom stereocenters. The molecule has 1 unspecified atom stereocenters. The van der Waals surface area contributed by atoms with E-state index in [9.17, 15) is 35.5 Å². The van der Waals surface area contributed by atoms with Crippen molar-refractivity contribution in [3.63, 3.8) is 0 Å². The summed E-state index contributed by atoms with van der Waals surface area (Å²) in [5.74, 6) is -5.44. The highest BCUT2D eigenvalue weighted by molar-refractivity contribution is 5.60. The summed E-state index contributed by atoms with van der Waals surface area (Å²) in [7, 11) is 0. The molecule has 3 nitrogen and oxygen atoms in total. The largest absolute Gasteiger partial charge is 0.511 e. The molecule has 0 radical (unpaired) electrons. The van der Waals surface area contributed by atoms with Gasteiger partial charge < -0.3 is 9.47 Å². The van der Waals surface area contributed by atoms with Crippen LogP contribution in [0.1, 0.15) is 6.42 Å². The first-order chi connectivity index (χ1) is 7.65. The number of alkyl halides is 7. The predicted octanol–water partition coefficient (Wildman–Crippen LogP) is 2.99. The predicted molar refractivity (Wildman–Crippen MR) is 38.9 cm³/mol. The number of halogens is 7. The lowest BCUT2D eigenvalue weighted by Gasteiger charge is -2.25. The standard InChI is InChI=1S/C7H7F7O3/c8-2-1-3-16-5(15)17-6(11,4(9)10)7(12,13)14/h4H,1-3H2. The third-order valence-corrected chi connectivity index (χ3v) is 1.40. The summed E-state index contributed by atoms with van der Waals surface area (Å²) in [5.41, 5.74) is 0. The second kappa shape index (κ2) is 5.92. The molecule has 0 rings (SSSR count). The molecule has 0 heterocycles. The molecule has 0 aromatic carbocycles. The summed E-state index contributed by atoms with van der Waals surface area (Å²) in [6, 6.07) is 0. The fourth-order valence-electron chi connectivity index (χ4n) is 0.587. The van der Waals surface area contributed by atoms with Gasteiger partial charge in [-0.2, -0.15) is 17.6 Å². The Kier molecular flexibility index (Phi) is 5.49. The highest BCUT2D eigenvalue weighted by Crippen LogP contribution is 2.40. The Morgan fingerprint density at radius 3 is 2.06 bits per heavy atom. The smallest absolute Gasteiger partial charge is 0.434 e. The molecule has 0 N–H and O–H groups in total. The maximum Gasteiger partial charge on any atom is 0.511 e. The van der Waals surface area contributed by atoms with E-state index in [-0.39, 0.29) is 6.42 Å². The van der Waals surface area contributed by atoms with Crippen LogP contribution in [0, 0.1) is 0 Å².